The molecule has 0 bridgehead atoms. The summed E-state index contributed by atoms with van der Waals surface area (Å²) < 4.78 is 0. The van der Waals surface area contributed by atoms with E-state index in [0.717, 1.165) is 12.0 Å². The first-order chi connectivity index (χ1) is 9.54. The van der Waals surface area contributed by atoms with Gasteiger partial charge >= 0.3 is 0 Å². The minimum atomic E-state index is -0.00935. The highest BCUT2D eigenvalue weighted by molar-refractivity contribution is 5.94. The maximum Gasteiger partial charge on any atom is 0.253 e. The van der Waals surface area contributed by atoms with Gasteiger partial charge < -0.3 is 15.5 Å². The minimum absolute atomic E-state index is 0.00935. The van der Waals surface area contributed by atoms with Crippen LogP contribution >= 0.6 is 0 Å². The third-order valence-electron chi connectivity index (χ3n) is 2.92. The fraction of sp³-hybridized carbons (Fsp3) is 0.467. The van der Waals surface area contributed by atoms with Crippen LogP contribution < -0.4 is 10.6 Å². The van der Waals surface area contributed by atoms with E-state index in [9.17, 15) is 9.59 Å². The van der Waals surface area contributed by atoms with E-state index in [-0.39, 0.29) is 11.8 Å². The Balaban J connectivity index is 2.47. The zero-order valence-electron chi connectivity index (χ0n) is 12.4. The van der Waals surface area contributed by atoms with Crippen LogP contribution in [0.15, 0.2) is 24.3 Å². The molecule has 1 aromatic rings. The largest absolute Gasteiger partial charge is 0.356 e. The lowest BCUT2D eigenvalue weighted by Crippen LogP contribution is -2.28. The van der Waals surface area contributed by atoms with Gasteiger partial charge in [0.05, 0.1) is 0 Å². The Bertz CT molecular complexity index is 458. The molecular formula is C15H23N3O2. The summed E-state index contributed by atoms with van der Waals surface area (Å²) in [4.78, 5) is 24.8. The molecule has 0 spiro atoms. The Morgan fingerprint density at radius 1 is 1.20 bits per heavy atom. The first-order valence-corrected chi connectivity index (χ1v) is 6.76. The van der Waals surface area contributed by atoms with Crippen molar-refractivity contribution in [1.29, 1.82) is 0 Å². The Kier molecular flexibility index (Phi) is 6.73. The van der Waals surface area contributed by atoms with Crippen molar-refractivity contribution in [2.24, 2.45) is 0 Å². The van der Waals surface area contributed by atoms with Crippen molar-refractivity contribution in [1.82, 2.24) is 15.5 Å². The molecule has 0 atom stereocenters. The molecule has 0 saturated carbocycles. The van der Waals surface area contributed by atoms with Crippen molar-refractivity contribution in [3.63, 3.8) is 0 Å². The van der Waals surface area contributed by atoms with E-state index < -0.39 is 0 Å². The Hall–Kier alpha value is -1.88. The van der Waals surface area contributed by atoms with E-state index in [0.29, 0.717) is 25.1 Å². The summed E-state index contributed by atoms with van der Waals surface area (Å²) in [5, 5.41) is 5.80. The van der Waals surface area contributed by atoms with Gasteiger partial charge in [-0.1, -0.05) is 12.1 Å². The number of hydrogen-bond acceptors (Lipinski definition) is 3. The summed E-state index contributed by atoms with van der Waals surface area (Å²) in [5.41, 5.74) is 1.72. The SMILES string of the molecule is CNCCC(=O)NCCc1cccc(C(=O)N(C)C)c1. The van der Waals surface area contributed by atoms with Crippen LogP contribution in [0.4, 0.5) is 0 Å². The highest BCUT2D eigenvalue weighted by Crippen LogP contribution is 2.07. The van der Waals surface area contributed by atoms with Crippen LogP contribution in [0.3, 0.4) is 0 Å². The second kappa shape index (κ2) is 8.32. The summed E-state index contributed by atoms with van der Waals surface area (Å²) in [6.45, 7) is 1.26. The number of benzene rings is 1. The first kappa shape index (κ1) is 16.2. The summed E-state index contributed by atoms with van der Waals surface area (Å²) in [6.07, 6.45) is 1.20. The third kappa shape index (κ3) is 5.40. The number of nitrogens with zero attached hydrogens (tertiary/aromatic N) is 1. The maximum absolute atomic E-state index is 11.8. The van der Waals surface area contributed by atoms with Crippen molar-refractivity contribution in [2.75, 3.05) is 34.2 Å². The van der Waals surface area contributed by atoms with Crippen LogP contribution in [-0.2, 0) is 11.2 Å². The monoisotopic (exact) mass is 277 g/mol. The molecule has 2 N–H and O–H groups in total. The van der Waals surface area contributed by atoms with Crippen molar-refractivity contribution < 1.29 is 9.59 Å². The number of carbonyl (C=O) groups excluding carboxylic acids is 2. The predicted octanol–water partition coefficient (Wildman–Crippen LogP) is 0.657. The number of nitrogens with one attached hydrogen (secondary N) is 2. The quantitative estimate of drug-likeness (QED) is 0.769. The van der Waals surface area contributed by atoms with Gasteiger partial charge in [0, 0.05) is 39.2 Å². The molecule has 0 aliphatic carbocycles. The number of carbonyl (C=O) groups is 2. The van der Waals surface area contributed by atoms with Gasteiger partial charge in [-0.25, -0.2) is 0 Å². The molecule has 0 heterocycles. The molecule has 0 unspecified atom stereocenters. The van der Waals surface area contributed by atoms with E-state index in [4.69, 9.17) is 0 Å². The number of amides is 2. The fourth-order valence-corrected chi connectivity index (χ4v) is 1.79. The number of hydrogen-bond donors (Lipinski definition) is 2. The molecule has 0 aromatic heterocycles. The Morgan fingerprint density at radius 2 is 1.95 bits per heavy atom. The van der Waals surface area contributed by atoms with Gasteiger partial charge in [-0.3, -0.25) is 9.59 Å². The summed E-state index contributed by atoms with van der Waals surface area (Å²) in [6, 6.07) is 7.51. The van der Waals surface area contributed by atoms with Crippen LogP contribution in [0.1, 0.15) is 22.3 Å². The molecule has 2 amide bonds. The molecule has 5 heteroatoms. The summed E-state index contributed by atoms with van der Waals surface area (Å²) in [7, 11) is 5.29. The fourth-order valence-electron chi connectivity index (χ4n) is 1.79. The molecule has 0 saturated heterocycles. The van der Waals surface area contributed by atoms with Crippen LogP contribution in [0, 0.1) is 0 Å². The summed E-state index contributed by atoms with van der Waals surface area (Å²) in [5.74, 6) is 0.0322. The third-order valence-corrected chi connectivity index (χ3v) is 2.92. The molecule has 0 aliphatic heterocycles. The van der Waals surface area contributed by atoms with Gasteiger partial charge in [-0.05, 0) is 31.2 Å². The highest BCUT2D eigenvalue weighted by atomic mass is 16.2. The molecule has 20 heavy (non-hydrogen) atoms. The van der Waals surface area contributed by atoms with E-state index >= 15 is 0 Å². The van der Waals surface area contributed by atoms with Gasteiger partial charge in [0.15, 0.2) is 0 Å². The molecule has 0 fully saturated rings. The minimum Gasteiger partial charge on any atom is -0.356 e. The van der Waals surface area contributed by atoms with Crippen LogP contribution in [0.25, 0.3) is 0 Å². The standard InChI is InChI=1S/C15H23N3O2/c1-16-9-8-14(19)17-10-7-12-5-4-6-13(11-12)15(20)18(2)3/h4-6,11,16H,7-10H2,1-3H3,(H,17,19). The van der Waals surface area contributed by atoms with Gasteiger partial charge in [-0.2, -0.15) is 0 Å². The van der Waals surface area contributed by atoms with Gasteiger partial charge in [0.25, 0.3) is 5.91 Å². The van der Waals surface area contributed by atoms with E-state index in [1.807, 2.05) is 25.2 Å². The molecule has 0 aliphatic rings. The Labute approximate surface area is 120 Å². The van der Waals surface area contributed by atoms with E-state index in [1.165, 1.54) is 0 Å². The molecule has 5 nitrogen and oxygen atoms in total. The van der Waals surface area contributed by atoms with Crippen molar-refractivity contribution in [3.8, 4) is 0 Å². The first-order valence-electron chi connectivity index (χ1n) is 6.76. The lowest BCUT2D eigenvalue weighted by molar-refractivity contribution is -0.120. The molecule has 1 rings (SSSR count). The Morgan fingerprint density at radius 3 is 2.60 bits per heavy atom. The summed E-state index contributed by atoms with van der Waals surface area (Å²) >= 11 is 0. The smallest absolute Gasteiger partial charge is 0.253 e. The topological polar surface area (TPSA) is 61.4 Å². The van der Waals surface area contributed by atoms with E-state index in [2.05, 4.69) is 10.6 Å². The molecule has 110 valence electrons. The molecule has 0 radical (unpaired) electrons. The van der Waals surface area contributed by atoms with Crippen LogP contribution in [0.5, 0.6) is 0 Å². The van der Waals surface area contributed by atoms with E-state index in [1.54, 1.807) is 25.1 Å². The zero-order chi connectivity index (χ0) is 15.0. The van der Waals surface area contributed by atoms with Crippen molar-refractivity contribution >= 4 is 11.8 Å². The second-order valence-corrected chi connectivity index (χ2v) is 4.85. The lowest BCUT2D eigenvalue weighted by Gasteiger charge is -2.11. The normalized spacial score (nSPS) is 10.2. The van der Waals surface area contributed by atoms with Crippen molar-refractivity contribution in [2.45, 2.75) is 12.8 Å². The van der Waals surface area contributed by atoms with Gasteiger partial charge in [0.2, 0.25) is 5.91 Å². The molecular weight excluding hydrogens is 254 g/mol. The van der Waals surface area contributed by atoms with Crippen LogP contribution in [-0.4, -0.2) is 50.9 Å². The zero-order valence-corrected chi connectivity index (χ0v) is 12.4. The lowest BCUT2D eigenvalue weighted by atomic mass is 10.1. The van der Waals surface area contributed by atoms with Crippen molar-refractivity contribution in [3.05, 3.63) is 35.4 Å². The number of rotatable bonds is 7. The average molecular weight is 277 g/mol. The molecule has 1 aromatic carbocycles. The van der Waals surface area contributed by atoms with Gasteiger partial charge in [0.1, 0.15) is 0 Å². The van der Waals surface area contributed by atoms with Crippen LogP contribution in [0.2, 0.25) is 0 Å². The second-order valence-electron chi connectivity index (χ2n) is 4.85. The maximum atomic E-state index is 11.8. The average Bonchev–Trinajstić information content (AvgIpc) is 2.44. The highest BCUT2D eigenvalue weighted by Gasteiger charge is 2.08. The predicted molar refractivity (Wildman–Crippen MR) is 79.7 cm³/mol. The van der Waals surface area contributed by atoms with Gasteiger partial charge in [-0.15, -0.1) is 0 Å².